The van der Waals surface area contributed by atoms with Gasteiger partial charge in [0.05, 0.1) is 30.1 Å². The van der Waals surface area contributed by atoms with Gasteiger partial charge < -0.3 is 14.8 Å². The second-order valence-corrected chi connectivity index (χ2v) is 8.94. The number of nitrogens with one attached hydrogen (secondary N) is 1. The molecule has 1 fully saturated rings. The fraction of sp³-hybridized carbons (Fsp3) is 0.350. The van der Waals surface area contributed by atoms with Gasteiger partial charge in [-0.15, -0.1) is 0 Å². The highest BCUT2D eigenvalue weighted by Gasteiger charge is 2.28. The molecule has 1 heterocycles. The van der Waals surface area contributed by atoms with Crippen LogP contribution < -0.4 is 19.1 Å². The smallest absolute Gasteiger partial charge is 0.251 e. The minimum atomic E-state index is -3.41. The number of rotatable bonds is 7. The SMILES string of the molecule is COc1ccccc1OCCNC(=O)c1ccc(Cl)c(N2CCCCS2(=O)=O)c1. The first kappa shape index (κ1) is 21.3. The third kappa shape index (κ3) is 5.13. The third-order valence-corrected chi connectivity index (χ3v) is 6.72. The molecule has 7 nitrogen and oxygen atoms in total. The van der Waals surface area contributed by atoms with E-state index in [4.69, 9.17) is 21.1 Å². The predicted molar refractivity (Wildman–Crippen MR) is 113 cm³/mol. The van der Waals surface area contributed by atoms with Gasteiger partial charge in [-0.3, -0.25) is 9.10 Å². The van der Waals surface area contributed by atoms with Crippen LogP contribution in [-0.2, 0) is 10.0 Å². The zero-order valence-electron chi connectivity index (χ0n) is 16.1. The van der Waals surface area contributed by atoms with Gasteiger partial charge in [-0.25, -0.2) is 8.42 Å². The van der Waals surface area contributed by atoms with Crippen LogP contribution >= 0.6 is 11.6 Å². The minimum Gasteiger partial charge on any atom is -0.493 e. The van der Waals surface area contributed by atoms with Crippen molar-refractivity contribution < 1.29 is 22.7 Å². The molecule has 0 bridgehead atoms. The number of sulfonamides is 1. The lowest BCUT2D eigenvalue weighted by atomic mass is 10.2. The first-order valence-electron chi connectivity index (χ1n) is 9.26. The number of amides is 1. The minimum absolute atomic E-state index is 0.0834. The molecule has 2 aromatic rings. The molecule has 9 heteroatoms. The van der Waals surface area contributed by atoms with Crippen LogP contribution in [0.2, 0.25) is 5.02 Å². The van der Waals surface area contributed by atoms with E-state index in [1.54, 1.807) is 31.4 Å². The lowest BCUT2D eigenvalue weighted by Crippen LogP contribution is -2.38. The summed E-state index contributed by atoms with van der Waals surface area (Å²) in [5.41, 5.74) is 0.673. The Hall–Kier alpha value is -2.45. The van der Waals surface area contributed by atoms with E-state index in [0.717, 1.165) is 6.42 Å². The standard InChI is InChI=1S/C20H23ClN2O5S/c1-27-18-6-2-3-7-19(18)28-12-10-22-20(24)15-8-9-16(21)17(14-15)23-11-4-5-13-29(23,25)26/h2-3,6-9,14H,4-5,10-13H2,1H3,(H,22,24). The normalized spacial score (nSPS) is 15.6. The van der Waals surface area contributed by atoms with Gasteiger partial charge in [0.2, 0.25) is 10.0 Å². The van der Waals surface area contributed by atoms with Crippen molar-refractivity contribution in [3.63, 3.8) is 0 Å². The van der Waals surface area contributed by atoms with E-state index in [1.807, 2.05) is 12.1 Å². The maximum absolute atomic E-state index is 12.5. The Morgan fingerprint density at radius 3 is 2.66 bits per heavy atom. The Morgan fingerprint density at radius 2 is 1.93 bits per heavy atom. The molecular weight excluding hydrogens is 416 g/mol. The number of halogens is 1. The van der Waals surface area contributed by atoms with E-state index >= 15 is 0 Å². The molecule has 0 unspecified atom stereocenters. The number of carbonyl (C=O) groups is 1. The fourth-order valence-electron chi connectivity index (χ4n) is 3.07. The van der Waals surface area contributed by atoms with E-state index in [0.29, 0.717) is 40.7 Å². The highest BCUT2D eigenvalue weighted by atomic mass is 35.5. The molecule has 0 spiro atoms. The van der Waals surface area contributed by atoms with Crippen molar-refractivity contribution in [3.05, 3.63) is 53.1 Å². The monoisotopic (exact) mass is 438 g/mol. The number of para-hydroxylation sites is 2. The molecule has 1 amide bonds. The largest absolute Gasteiger partial charge is 0.493 e. The molecule has 1 aliphatic heterocycles. The summed E-state index contributed by atoms with van der Waals surface area (Å²) in [6.45, 7) is 0.893. The molecule has 1 aliphatic rings. The summed E-state index contributed by atoms with van der Waals surface area (Å²) in [4.78, 5) is 12.5. The van der Waals surface area contributed by atoms with E-state index < -0.39 is 10.0 Å². The van der Waals surface area contributed by atoms with Gasteiger partial charge in [0.15, 0.2) is 11.5 Å². The molecule has 1 saturated heterocycles. The zero-order chi connectivity index (χ0) is 20.9. The highest BCUT2D eigenvalue weighted by molar-refractivity contribution is 7.92. The Labute approximate surface area is 175 Å². The first-order chi connectivity index (χ1) is 13.9. The van der Waals surface area contributed by atoms with Crippen molar-refractivity contribution >= 4 is 33.2 Å². The maximum Gasteiger partial charge on any atom is 0.251 e. The average Bonchev–Trinajstić information content (AvgIpc) is 2.71. The first-order valence-corrected chi connectivity index (χ1v) is 11.2. The van der Waals surface area contributed by atoms with Crippen LogP contribution in [0.15, 0.2) is 42.5 Å². The second-order valence-electron chi connectivity index (χ2n) is 6.52. The number of hydrogen-bond donors (Lipinski definition) is 1. The number of hydrogen-bond acceptors (Lipinski definition) is 5. The van der Waals surface area contributed by atoms with Crippen LogP contribution in [0.1, 0.15) is 23.2 Å². The average molecular weight is 439 g/mol. The van der Waals surface area contributed by atoms with Gasteiger partial charge in [-0.2, -0.15) is 0 Å². The van der Waals surface area contributed by atoms with Crippen molar-refractivity contribution in [2.75, 3.05) is 36.9 Å². The van der Waals surface area contributed by atoms with E-state index in [-0.39, 0.29) is 24.8 Å². The quantitative estimate of drug-likeness (QED) is 0.671. The number of anilines is 1. The molecule has 156 valence electrons. The van der Waals surface area contributed by atoms with Crippen LogP contribution in [0.3, 0.4) is 0 Å². The fourth-order valence-corrected chi connectivity index (χ4v) is 4.99. The van der Waals surface area contributed by atoms with Crippen LogP contribution in [0.5, 0.6) is 11.5 Å². The topological polar surface area (TPSA) is 84.9 Å². The zero-order valence-corrected chi connectivity index (χ0v) is 17.6. The lowest BCUT2D eigenvalue weighted by molar-refractivity contribution is 0.0947. The number of carbonyl (C=O) groups excluding carboxylic acids is 1. The van der Waals surface area contributed by atoms with E-state index in [2.05, 4.69) is 5.32 Å². The molecule has 0 aliphatic carbocycles. The van der Waals surface area contributed by atoms with Crippen molar-refractivity contribution in [1.82, 2.24) is 5.32 Å². The Bertz CT molecular complexity index is 981. The number of methoxy groups -OCH3 is 1. The molecular formula is C20H23ClN2O5S. The molecule has 0 saturated carbocycles. The molecule has 1 N–H and O–H groups in total. The Kier molecular flexibility index (Phi) is 6.87. The van der Waals surface area contributed by atoms with E-state index in [1.165, 1.54) is 10.4 Å². The summed E-state index contributed by atoms with van der Waals surface area (Å²) in [5, 5.41) is 3.06. The summed E-state index contributed by atoms with van der Waals surface area (Å²) in [6.07, 6.45) is 1.38. The number of nitrogens with zero attached hydrogens (tertiary/aromatic N) is 1. The summed E-state index contributed by atoms with van der Waals surface area (Å²) in [6, 6.07) is 11.9. The van der Waals surface area contributed by atoms with Crippen molar-refractivity contribution in [1.29, 1.82) is 0 Å². The van der Waals surface area contributed by atoms with Crippen molar-refractivity contribution in [2.24, 2.45) is 0 Å². The van der Waals surface area contributed by atoms with Crippen molar-refractivity contribution in [3.8, 4) is 11.5 Å². The van der Waals surface area contributed by atoms with Crippen molar-refractivity contribution in [2.45, 2.75) is 12.8 Å². The van der Waals surface area contributed by atoms with E-state index in [9.17, 15) is 13.2 Å². The molecule has 0 atom stereocenters. The van der Waals surface area contributed by atoms with Crippen LogP contribution in [0, 0.1) is 0 Å². The number of benzene rings is 2. The van der Waals surface area contributed by atoms with Crippen LogP contribution in [0.4, 0.5) is 5.69 Å². The second kappa shape index (κ2) is 9.37. The van der Waals surface area contributed by atoms with Gasteiger partial charge in [-0.1, -0.05) is 23.7 Å². The lowest BCUT2D eigenvalue weighted by Gasteiger charge is -2.29. The summed E-state index contributed by atoms with van der Waals surface area (Å²) in [5.74, 6) is 0.957. The van der Waals surface area contributed by atoms with Gasteiger partial charge >= 0.3 is 0 Å². The molecule has 0 aromatic heterocycles. The number of ether oxygens (including phenoxy) is 2. The molecule has 3 rings (SSSR count). The molecule has 29 heavy (non-hydrogen) atoms. The van der Waals surface area contributed by atoms with Crippen LogP contribution in [-0.4, -0.2) is 46.9 Å². The third-order valence-electron chi connectivity index (χ3n) is 4.54. The predicted octanol–water partition coefficient (Wildman–Crippen LogP) is 3.09. The van der Waals surface area contributed by atoms with Gasteiger partial charge in [0, 0.05) is 12.1 Å². The van der Waals surface area contributed by atoms with Gasteiger partial charge in [-0.05, 0) is 43.2 Å². The summed E-state index contributed by atoms with van der Waals surface area (Å²) >= 11 is 6.22. The summed E-state index contributed by atoms with van der Waals surface area (Å²) < 4.78 is 36.8. The van der Waals surface area contributed by atoms with Crippen LogP contribution in [0.25, 0.3) is 0 Å². The Morgan fingerprint density at radius 1 is 1.17 bits per heavy atom. The highest BCUT2D eigenvalue weighted by Crippen LogP contribution is 2.31. The van der Waals surface area contributed by atoms with Gasteiger partial charge in [0.1, 0.15) is 6.61 Å². The molecule has 2 aromatic carbocycles. The molecule has 0 radical (unpaired) electrons. The maximum atomic E-state index is 12.5. The Balaban J connectivity index is 1.62. The summed E-state index contributed by atoms with van der Waals surface area (Å²) in [7, 11) is -1.85. The van der Waals surface area contributed by atoms with Gasteiger partial charge in [0.25, 0.3) is 5.91 Å².